The molecule has 0 N–H and O–H groups in total. The quantitative estimate of drug-likeness (QED) is 0.224. The topological polar surface area (TPSA) is 69.7 Å². The van der Waals surface area contributed by atoms with Crippen LogP contribution in [-0.4, -0.2) is 31.9 Å². The van der Waals surface area contributed by atoms with Crippen molar-refractivity contribution >= 4 is 17.7 Å². The standard InChI is InChI=1S/C33H48O5/c1-28(2)14-16-33(27(36)38-9)17-15-31(6)21(22(33)19-28)10-11-24-30(5)18-20(26(35)37-8)25(34)29(3,4)23(30)12-13-32(24,31)7/h10,18,22-24H,11-17,19H2,1-9H3/t22?,23-,24+,30-,31+,32+,33-/m0/s1. The molecule has 0 bridgehead atoms. The maximum Gasteiger partial charge on any atom is 0.341 e. The molecule has 0 heterocycles. The Hall–Kier alpha value is -1.91. The molecule has 0 aliphatic heterocycles. The van der Waals surface area contributed by atoms with Crippen LogP contribution in [0.25, 0.3) is 0 Å². The van der Waals surface area contributed by atoms with Gasteiger partial charge < -0.3 is 9.47 Å². The lowest BCUT2D eigenvalue weighted by Crippen LogP contribution is -2.64. The number of ketones is 1. The normalized spacial score (nSPS) is 44.8. The number of methoxy groups -OCH3 is 2. The van der Waals surface area contributed by atoms with Crippen LogP contribution in [0.15, 0.2) is 23.3 Å². The van der Waals surface area contributed by atoms with Crippen LogP contribution < -0.4 is 0 Å². The van der Waals surface area contributed by atoms with E-state index in [1.807, 2.05) is 19.9 Å². The van der Waals surface area contributed by atoms with Gasteiger partial charge in [-0.25, -0.2) is 4.79 Å². The van der Waals surface area contributed by atoms with Gasteiger partial charge in [-0.1, -0.05) is 66.2 Å². The molecule has 38 heavy (non-hydrogen) atoms. The van der Waals surface area contributed by atoms with Crippen molar-refractivity contribution in [2.24, 2.45) is 50.2 Å². The van der Waals surface area contributed by atoms with Crippen LogP contribution in [0.1, 0.15) is 99.8 Å². The Morgan fingerprint density at radius 1 is 0.868 bits per heavy atom. The first-order valence-electron chi connectivity index (χ1n) is 14.7. The first kappa shape index (κ1) is 27.6. The fourth-order valence-electron chi connectivity index (χ4n) is 10.6. The molecular weight excluding hydrogens is 476 g/mol. The predicted octanol–water partition coefficient (Wildman–Crippen LogP) is 6.85. The zero-order valence-electron chi connectivity index (χ0n) is 25.1. The zero-order valence-corrected chi connectivity index (χ0v) is 25.1. The molecular formula is C33H48O5. The number of hydrogen-bond donors (Lipinski definition) is 0. The van der Waals surface area contributed by atoms with Gasteiger partial charge in [0.05, 0.1) is 25.2 Å². The van der Waals surface area contributed by atoms with Crippen molar-refractivity contribution in [1.82, 2.24) is 0 Å². The molecule has 210 valence electrons. The number of carbonyl (C=O) groups is 3. The van der Waals surface area contributed by atoms with Gasteiger partial charge in [-0.3, -0.25) is 9.59 Å². The summed E-state index contributed by atoms with van der Waals surface area (Å²) in [4.78, 5) is 39.7. The Morgan fingerprint density at radius 2 is 1.53 bits per heavy atom. The van der Waals surface area contributed by atoms with Gasteiger partial charge in [0.15, 0.2) is 5.78 Å². The molecule has 3 saturated carbocycles. The van der Waals surface area contributed by atoms with Crippen molar-refractivity contribution in [1.29, 1.82) is 0 Å². The first-order valence-corrected chi connectivity index (χ1v) is 14.7. The number of allylic oxidation sites excluding steroid dienone is 3. The Labute approximate surface area is 229 Å². The smallest absolute Gasteiger partial charge is 0.341 e. The van der Waals surface area contributed by atoms with Crippen LogP contribution in [0, 0.1) is 50.2 Å². The lowest BCUT2D eigenvalue weighted by Gasteiger charge is -2.69. The summed E-state index contributed by atoms with van der Waals surface area (Å²) in [5.74, 6) is 0.0286. The monoisotopic (exact) mass is 524 g/mol. The molecule has 5 aliphatic rings. The fourth-order valence-corrected chi connectivity index (χ4v) is 10.6. The van der Waals surface area contributed by atoms with Crippen molar-refractivity contribution in [3.63, 3.8) is 0 Å². The van der Waals surface area contributed by atoms with E-state index in [0.29, 0.717) is 0 Å². The summed E-state index contributed by atoms with van der Waals surface area (Å²) >= 11 is 0. The highest BCUT2D eigenvalue weighted by Crippen LogP contribution is 2.75. The SMILES string of the molecule is COC(=O)C1=C[C@]2(C)[C@H]3CC=C4C5CC(C)(C)CC[C@]5(C(=O)OC)CC[C@@]4(C)[C@]3(C)CC[C@H]2C(C)(C)C1=O. The van der Waals surface area contributed by atoms with Crippen LogP contribution >= 0.6 is 0 Å². The molecule has 5 heteroatoms. The van der Waals surface area contributed by atoms with Crippen LogP contribution in [0.5, 0.6) is 0 Å². The summed E-state index contributed by atoms with van der Waals surface area (Å²) in [5, 5.41) is 0. The molecule has 0 amide bonds. The van der Waals surface area contributed by atoms with Gasteiger partial charge in [0.2, 0.25) is 0 Å². The molecule has 0 spiro atoms. The second-order valence-electron chi connectivity index (χ2n) is 15.3. The molecule has 0 radical (unpaired) electrons. The second-order valence-corrected chi connectivity index (χ2v) is 15.3. The highest BCUT2D eigenvalue weighted by molar-refractivity contribution is 6.20. The summed E-state index contributed by atoms with van der Waals surface area (Å²) in [6.07, 6.45) is 12.2. The van der Waals surface area contributed by atoms with Gasteiger partial charge in [0.25, 0.3) is 0 Å². The predicted molar refractivity (Wildman–Crippen MR) is 147 cm³/mol. The molecule has 1 unspecified atom stereocenters. The number of rotatable bonds is 2. The zero-order chi connectivity index (χ0) is 28.1. The summed E-state index contributed by atoms with van der Waals surface area (Å²) in [5.41, 5.74) is 0.478. The molecule has 7 atom stereocenters. The molecule has 5 aliphatic carbocycles. The molecule has 5 rings (SSSR count). The van der Waals surface area contributed by atoms with E-state index in [9.17, 15) is 14.4 Å². The Balaban J connectivity index is 1.65. The Morgan fingerprint density at radius 3 is 2.16 bits per heavy atom. The van der Waals surface area contributed by atoms with Gasteiger partial charge in [0.1, 0.15) is 0 Å². The van der Waals surface area contributed by atoms with E-state index in [2.05, 4.69) is 40.7 Å². The molecule has 0 aromatic rings. The van der Waals surface area contributed by atoms with Gasteiger partial charge >= 0.3 is 11.9 Å². The van der Waals surface area contributed by atoms with E-state index in [1.165, 1.54) is 12.7 Å². The maximum absolute atomic E-state index is 13.5. The number of carbonyl (C=O) groups excluding carboxylic acids is 3. The third kappa shape index (κ3) is 3.32. The fraction of sp³-hybridized carbons (Fsp3) is 0.788. The minimum absolute atomic E-state index is 0.0135. The summed E-state index contributed by atoms with van der Waals surface area (Å²) in [7, 11) is 2.91. The minimum atomic E-state index is -0.626. The van der Waals surface area contributed by atoms with Crippen LogP contribution in [0.2, 0.25) is 0 Å². The van der Waals surface area contributed by atoms with Crippen LogP contribution in [0.3, 0.4) is 0 Å². The van der Waals surface area contributed by atoms with Crippen molar-refractivity contribution < 1.29 is 23.9 Å². The molecule has 0 aromatic heterocycles. The van der Waals surface area contributed by atoms with Crippen LogP contribution in [0.4, 0.5) is 0 Å². The minimum Gasteiger partial charge on any atom is -0.469 e. The van der Waals surface area contributed by atoms with E-state index in [0.717, 1.165) is 51.4 Å². The van der Waals surface area contributed by atoms with Gasteiger partial charge in [-0.05, 0) is 90.8 Å². The van der Waals surface area contributed by atoms with E-state index >= 15 is 0 Å². The summed E-state index contributed by atoms with van der Waals surface area (Å²) < 4.78 is 10.6. The number of hydrogen-bond acceptors (Lipinski definition) is 5. The van der Waals surface area contributed by atoms with Gasteiger partial charge in [-0.2, -0.15) is 0 Å². The maximum atomic E-state index is 13.5. The molecule has 3 fully saturated rings. The average Bonchev–Trinajstić information content (AvgIpc) is 2.85. The summed E-state index contributed by atoms with van der Waals surface area (Å²) in [6.45, 7) is 16.0. The average molecular weight is 525 g/mol. The summed E-state index contributed by atoms with van der Waals surface area (Å²) in [6, 6.07) is 0. The number of Topliss-reactive ketones (excluding diaryl/α,β-unsaturated/α-hetero) is 1. The van der Waals surface area contributed by atoms with Crippen molar-refractivity contribution in [2.75, 3.05) is 14.2 Å². The van der Waals surface area contributed by atoms with Crippen molar-refractivity contribution in [3.05, 3.63) is 23.3 Å². The molecule has 0 saturated heterocycles. The number of ether oxygens (including phenoxy) is 2. The number of fused-ring (bicyclic) bond motifs is 7. The van der Waals surface area contributed by atoms with Crippen molar-refractivity contribution in [3.8, 4) is 0 Å². The van der Waals surface area contributed by atoms with Crippen LogP contribution in [-0.2, 0) is 23.9 Å². The third-order valence-electron chi connectivity index (χ3n) is 13.0. The number of esters is 2. The van der Waals surface area contributed by atoms with E-state index < -0.39 is 16.8 Å². The molecule has 0 aromatic carbocycles. The second kappa shape index (κ2) is 8.30. The third-order valence-corrected chi connectivity index (χ3v) is 13.0. The lowest BCUT2D eigenvalue weighted by molar-refractivity contribution is -0.177. The van der Waals surface area contributed by atoms with Crippen molar-refractivity contribution in [2.45, 2.75) is 99.8 Å². The van der Waals surface area contributed by atoms with Gasteiger partial charge in [-0.15, -0.1) is 0 Å². The Bertz CT molecular complexity index is 1140. The Kier molecular flexibility index (Phi) is 6.04. The van der Waals surface area contributed by atoms with E-state index in [4.69, 9.17) is 9.47 Å². The highest BCUT2D eigenvalue weighted by Gasteiger charge is 2.69. The van der Waals surface area contributed by atoms with Gasteiger partial charge in [0, 0.05) is 5.41 Å². The highest BCUT2D eigenvalue weighted by atomic mass is 16.5. The first-order chi connectivity index (χ1) is 17.5. The largest absolute Gasteiger partial charge is 0.469 e. The van der Waals surface area contributed by atoms with E-state index in [-0.39, 0.29) is 56.7 Å². The van der Waals surface area contributed by atoms with E-state index in [1.54, 1.807) is 7.11 Å². The lowest BCUT2D eigenvalue weighted by atomic mass is 9.34. The molecule has 5 nitrogen and oxygen atoms in total.